The number of β-amino-alcohol motifs (C(OH)–C–C–N with tert-alkyl or cyclic N) is 1. The number of anilines is 1. The lowest BCUT2D eigenvalue weighted by Crippen LogP contribution is -2.26. The third-order valence-electron chi connectivity index (χ3n) is 4.48. The van der Waals surface area contributed by atoms with Gasteiger partial charge >= 0.3 is 0 Å². The number of nitrogens with zero attached hydrogens (tertiary/aromatic N) is 1. The summed E-state index contributed by atoms with van der Waals surface area (Å²) in [6.45, 7) is 2.77. The SMILES string of the molecule is N=C(Nc1ccc2c(c1)CN(CCO)CCC2)C1=CC=CCC1=S. The zero-order chi connectivity index (χ0) is 16.9. The molecular weight excluding hydrogens is 318 g/mol. The molecule has 4 nitrogen and oxygen atoms in total. The molecule has 0 amide bonds. The molecule has 0 bridgehead atoms. The summed E-state index contributed by atoms with van der Waals surface area (Å²) in [7, 11) is 0. The van der Waals surface area contributed by atoms with Gasteiger partial charge in [0, 0.05) is 35.6 Å². The van der Waals surface area contributed by atoms with Crippen LogP contribution in [-0.4, -0.2) is 40.4 Å². The van der Waals surface area contributed by atoms with E-state index >= 15 is 0 Å². The molecule has 1 aliphatic heterocycles. The molecular formula is C19H23N3OS. The summed E-state index contributed by atoms with van der Waals surface area (Å²) in [6, 6.07) is 6.32. The topological polar surface area (TPSA) is 59.4 Å². The molecule has 0 unspecified atom stereocenters. The Labute approximate surface area is 148 Å². The Morgan fingerprint density at radius 1 is 1.33 bits per heavy atom. The fourth-order valence-electron chi connectivity index (χ4n) is 3.22. The van der Waals surface area contributed by atoms with E-state index in [1.54, 1.807) is 0 Å². The van der Waals surface area contributed by atoms with Crippen LogP contribution in [-0.2, 0) is 13.0 Å². The van der Waals surface area contributed by atoms with Gasteiger partial charge in [-0.15, -0.1) is 0 Å². The van der Waals surface area contributed by atoms with E-state index in [4.69, 9.17) is 17.6 Å². The first kappa shape index (κ1) is 17.0. The van der Waals surface area contributed by atoms with Crippen LogP contribution in [0.5, 0.6) is 0 Å². The second-order valence-corrected chi connectivity index (χ2v) is 6.72. The third-order valence-corrected chi connectivity index (χ3v) is 4.86. The van der Waals surface area contributed by atoms with Crippen LogP contribution in [0.4, 0.5) is 5.69 Å². The molecule has 0 fully saturated rings. The maximum absolute atomic E-state index is 9.19. The largest absolute Gasteiger partial charge is 0.395 e. The Morgan fingerprint density at radius 3 is 3.00 bits per heavy atom. The maximum Gasteiger partial charge on any atom is 0.131 e. The average molecular weight is 341 g/mol. The van der Waals surface area contributed by atoms with Crippen molar-refractivity contribution >= 4 is 28.6 Å². The number of aryl methyl sites for hydroxylation is 1. The first-order valence-corrected chi connectivity index (χ1v) is 8.79. The Bertz CT molecular complexity index is 709. The summed E-state index contributed by atoms with van der Waals surface area (Å²) in [6.07, 6.45) is 8.76. The van der Waals surface area contributed by atoms with Gasteiger partial charge in [0.05, 0.1) is 6.61 Å². The second-order valence-electron chi connectivity index (χ2n) is 6.22. The number of aliphatic hydroxyl groups excluding tert-OH is 1. The smallest absolute Gasteiger partial charge is 0.131 e. The van der Waals surface area contributed by atoms with E-state index in [1.807, 2.05) is 24.3 Å². The molecule has 0 saturated carbocycles. The van der Waals surface area contributed by atoms with Gasteiger partial charge in [0.2, 0.25) is 0 Å². The molecule has 0 saturated heterocycles. The lowest BCUT2D eigenvalue weighted by atomic mass is 10.0. The number of amidine groups is 1. The monoisotopic (exact) mass is 341 g/mol. The Kier molecular flexibility index (Phi) is 5.56. The average Bonchev–Trinajstić information content (AvgIpc) is 2.77. The molecule has 126 valence electrons. The number of benzene rings is 1. The number of hydrogen-bond acceptors (Lipinski definition) is 4. The van der Waals surface area contributed by atoms with Crippen molar-refractivity contribution in [3.63, 3.8) is 0 Å². The highest BCUT2D eigenvalue weighted by Gasteiger charge is 2.16. The standard InChI is InChI=1S/C19H23N3OS/c20-19(17-5-1-2-6-18(17)24)21-16-8-7-14-4-3-9-22(10-11-23)13-15(14)12-16/h1-2,5,7-8,12,23H,3-4,6,9-11,13H2,(H2,20,21). The van der Waals surface area contributed by atoms with Gasteiger partial charge < -0.3 is 10.4 Å². The van der Waals surface area contributed by atoms with Crippen molar-refractivity contribution < 1.29 is 5.11 Å². The van der Waals surface area contributed by atoms with Gasteiger partial charge in [-0.25, -0.2) is 0 Å². The van der Waals surface area contributed by atoms with E-state index in [-0.39, 0.29) is 6.61 Å². The molecule has 0 radical (unpaired) electrons. The van der Waals surface area contributed by atoms with E-state index in [0.717, 1.165) is 48.5 Å². The minimum absolute atomic E-state index is 0.192. The highest BCUT2D eigenvalue weighted by Crippen LogP contribution is 2.23. The predicted octanol–water partition coefficient (Wildman–Crippen LogP) is 3.07. The number of fused-ring (bicyclic) bond motifs is 1. The summed E-state index contributed by atoms with van der Waals surface area (Å²) >= 11 is 5.35. The summed E-state index contributed by atoms with van der Waals surface area (Å²) in [5.74, 6) is 0.352. The van der Waals surface area contributed by atoms with Gasteiger partial charge in [-0.05, 0) is 42.6 Å². The van der Waals surface area contributed by atoms with Crippen molar-refractivity contribution in [2.75, 3.05) is 25.0 Å². The first-order chi connectivity index (χ1) is 11.7. The zero-order valence-corrected chi connectivity index (χ0v) is 14.5. The lowest BCUT2D eigenvalue weighted by Gasteiger charge is -2.19. The van der Waals surface area contributed by atoms with E-state index in [9.17, 15) is 5.11 Å². The minimum atomic E-state index is 0.192. The molecule has 1 aromatic carbocycles. The van der Waals surface area contributed by atoms with E-state index in [2.05, 4.69) is 22.3 Å². The summed E-state index contributed by atoms with van der Waals surface area (Å²) in [5.41, 5.74) is 4.36. The Balaban J connectivity index is 1.76. The van der Waals surface area contributed by atoms with Gasteiger partial charge in [0.25, 0.3) is 0 Å². The molecule has 3 N–H and O–H groups in total. The van der Waals surface area contributed by atoms with Crippen molar-refractivity contribution in [3.8, 4) is 0 Å². The molecule has 1 heterocycles. The van der Waals surface area contributed by atoms with Gasteiger partial charge in [-0.2, -0.15) is 0 Å². The van der Waals surface area contributed by atoms with Gasteiger partial charge in [-0.1, -0.05) is 36.5 Å². The third kappa shape index (κ3) is 3.98. The van der Waals surface area contributed by atoms with Crippen LogP contribution in [0.2, 0.25) is 0 Å². The number of nitrogens with one attached hydrogen (secondary N) is 2. The fraction of sp³-hybridized carbons (Fsp3) is 0.368. The van der Waals surface area contributed by atoms with Crippen molar-refractivity contribution in [2.45, 2.75) is 25.8 Å². The fourth-order valence-corrected chi connectivity index (χ4v) is 3.48. The summed E-state index contributed by atoms with van der Waals surface area (Å²) in [4.78, 5) is 3.09. The van der Waals surface area contributed by atoms with Crippen LogP contribution >= 0.6 is 12.2 Å². The molecule has 5 heteroatoms. The second kappa shape index (κ2) is 7.83. The van der Waals surface area contributed by atoms with E-state index < -0.39 is 0 Å². The van der Waals surface area contributed by atoms with E-state index in [0.29, 0.717) is 12.4 Å². The number of aliphatic hydroxyl groups is 1. The number of hydrogen-bond donors (Lipinski definition) is 3. The first-order valence-electron chi connectivity index (χ1n) is 8.38. The summed E-state index contributed by atoms with van der Waals surface area (Å²) in [5, 5.41) is 20.7. The van der Waals surface area contributed by atoms with Crippen LogP contribution in [0.3, 0.4) is 0 Å². The van der Waals surface area contributed by atoms with Crippen LogP contribution < -0.4 is 5.32 Å². The van der Waals surface area contributed by atoms with Crippen molar-refractivity contribution in [3.05, 3.63) is 53.1 Å². The predicted molar refractivity (Wildman–Crippen MR) is 103 cm³/mol. The number of allylic oxidation sites excluding steroid dienone is 3. The van der Waals surface area contributed by atoms with E-state index in [1.165, 1.54) is 11.1 Å². The maximum atomic E-state index is 9.19. The number of thiocarbonyl (C=S) groups is 1. The zero-order valence-electron chi connectivity index (χ0n) is 13.7. The summed E-state index contributed by atoms with van der Waals surface area (Å²) < 4.78 is 0. The molecule has 2 aliphatic rings. The van der Waals surface area contributed by atoms with Crippen LogP contribution in [0.25, 0.3) is 0 Å². The van der Waals surface area contributed by atoms with Crippen molar-refractivity contribution in [1.29, 1.82) is 5.41 Å². The molecule has 0 atom stereocenters. The van der Waals surface area contributed by atoms with Crippen molar-refractivity contribution in [1.82, 2.24) is 4.90 Å². The lowest BCUT2D eigenvalue weighted by molar-refractivity contribution is 0.192. The number of rotatable bonds is 4. The normalized spacial score (nSPS) is 17.9. The van der Waals surface area contributed by atoms with Crippen LogP contribution in [0.15, 0.2) is 42.0 Å². The van der Waals surface area contributed by atoms with Crippen LogP contribution in [0.1, 0.15) is 24.0 Å². The Hall–Kier alpha value is -1.82. The molecule has 3 rings (SSSR count). The highest BCUT2D eigenvalue weighted by molar-refractivity contribution is 7.81. The van der Waals surface area contributed by atoms with Gasteiger partial charge in [0.1, 0.15) is 5.84 Å². The van der Waals surface area contributed by atoms with Crippen LogP contribution in [0, 0.1) is 5.41 Å². The molecule has 1 aromatic rings. The molecule has 0 aromatic heterocycles. The quantitative estimate of drug-likeness (QED) is 0.447. The minimum Gasteiger partial charge on any atom is -0.395 e. The highest BCUT2D eigenvalue weighted by atomic mass is 32.1. The molecule has 24 heavy (non-hydrogen) atoms. The van der Waals surface area contributed by atoms with Crippen molar-refractivity contribution in [2.24, 2.45) is 0 Å². The molecule has 0 spiro atoms. The van der Waals surface area contributed by atoms with Gasteiger partial charge in [0.15, 0.2) is 0 Å². The Morgan fingerprint density at radius 2 is 2.21 bits per heavy atom. The molecule has 1 aliphatic carbocycles. The van der Waals surface area contributed by atoms with Gasteiger partial charge in [-0.3, -0.25) is 10.3 Å².